The standard InChI is InChI=1S/C22H27N3O4/c1-24(2)19(16-8-10-17(28-3)11-9-16)14-23-21(26)15-25-18-6-4-5-7-20(18)29-13-12-22(25)27/h4-11,19H,12-15H2,1-3H3,(H,23,26)/t19-/m0/s1. The van der Waals surface area contributed by atoms with Gasteiger partial charge in [0.15, 0.2) is 0 Å². The van der Waals surface area contributed by atoms with E-state index in [9.17, 15) is 9.59 Å². The highest BCUT2D eigenvalue weighted by molar-refractivity contribution is 6.00. The fourth-order valence-electron chi connectivity index (χ4n) is 3.33. The number of nitrogens with zero attached hydrogens (tertiary/aromatic N) is 2. The van der Waals surface area contributed by atoms with Gasteiger partial charge in [-0.05, 0) is 43.9 Å². The Bertz CT molecular complexity index is 851. The third kappa shape index (κ3) is 5.06. The summed E-state index contributed by atoms with van der Waals surface area (Å²) in [7, 11) is 5.56. The van der Waals surface area contributed by atoms with E-state index in [-0.39, 0.29) is 30.8 Å². The lowest BCUT2D eigenvalue weighted by atomic mass is 10.1. The fourth-order valence-corrected chi connectivity index (χ4v) is 3.33. The van der Waals surface area contributed by atoms with Crippen molar-refractivity contribution >= 4 is 17.5 Å². The molecule has 1 aliphatic heterocycles. The average molecular weight is 397 g/mol. The minimum atomic E-state index is -0.213. The Morgan fingerprint density at radius 3 is 2.62 bits per heavy atom. The lowest BCUT2D eigenvalue weighted by molar-refractivity contribution is -0.124. The van der Waals surface area contributed by atoms with E-state index in [4.69, 9.17) is 9.47 Å². The number of para-hydroxylation sites is 2. The Morgan fingerprint density at radius 2 is 1.93 bits per heavy atom. The molecule has 29 heavy (non-hydrogen) atoms. The molecule has 0 bridgehead atoms. The molecule has 1 N–H and O–H groups in total. The first-order chi connectivity index (χ1) is 14.0. The summed E-state index contributed by atoms with van der Waals surface area (Å²) >= 11 is 0. The Balaban J connectivity index is 1.66. The summed E-state index contributed by atoms with van der Waals surface area (Å²) in [4.78, 5) is 28.7. The third-order valence-electron chi connectivity index (χ3n) is 4.95. The van der Waals surface area contributed by atoms with Crippen LogP contribution in [0.4, 0.5) is 5.69 Å². The van der Waals surface area contributed by atoms with E-state index >= 15 is 0 Å². The maximum atomic E-state index is 12.7. The van der Waals surface area contributed by atoms with Crippen LogP contribution in [0.3, 0.4) is 0 Å². The van der Waals surface area contributed by atoms with Crippen molar-refractivity contribution in [3.8, 4) is 11.5 Å². The molecule has 2 aromatic rings. The van der Waals surface area contributed by atoms with Gasteiger partial charge in [0.25, 0.3) is 0 Å². The van der Waals surface area contributed by atoms with Crippen LogP contribution < -0.4 is 19.7 Å². The molecule has 3 rings (SSSR count). The first-order valence-corrected chi connectivity index (χ1v) is 9.59. The van der Waals surface area contributed by atoms with Crippen molar-refractivity contribution < 1.29 is 19.1 Å². The van der Waals surface area contributed by atoms with E-state index < -0.39 is 0 Å². The molecule has 2 amide bonds. The molecule has 1 aliphatic rings. The molecule has 0 fully saturated rings. The van der Waals surface area contributed by atoms with E-state index in [2.05, 4.69) is 5.32 Å². The van der Waals surface area contributed by atoms with Crippen LogP contribution in [0.15, 0.2) is 48.5 Å². The van der Waals surface area contributed by atoms with Crippen LogP contribution in [-0.4, -0.2) is 57.6 Å². The molecule has 2 aromatic carbocycles. The van der Waals surface area contributed by atoms with Crippen molar-refractivity contribution in [2.24, 2.45) is 0 Å². The zero-order valence-corrected chi connectivity index (χ0v) is 17.1. The van der Waals surface area contributed by atoms with Gasteiger partial charge in [-0.15, -0.1) is 0 Å². The average Bonchev–Trinajstić information content (AvgIpc) is 2.87. The molecular formula is C22H27N3O4. The number of benzene rings is 2. The second-order valence-electron chi connectivity index (χ2n) is 7.10. The number of carbonyl (C=O) groups is 2. The molecule has 154 valence electrons. The van der Waals surface area contributed by atoms with Gasteiger partial charge >= 0.3 is 0 Å². The zero-order valence-electron chi connectivity index (χ0n) is 17.1. The van der Waals surface area contributed by atoms with Crippen molar-refractivity contribution in [2.45, 2.75) is 12.5 Å². The summed E-state index contributed by atoms with van der Waals surface area (Å²) in [5.74, 6) is 1.08. The van der Waals surface area contributed by atoms with E-state index in [1.54, 1.807) is 13.2 Å². The molecule has 0 saturated carbocycles. The topological polar surface area (TPSA) is 71.1 Å². The number of rotatable bonds is 7. The second kappa shape index (κ2) is 9.43. The number of methoxy groups -OCH3 is 1. The van der Waals surface area contributed by atoms with E-state index in [1.807, 2.05) is 61.5 Å². The summed E-state index contributed by atoms with van der Waals surface area (Å²) in [5.41, 5.74) is 1.70. The molecule has 0 spiro atoms. The molecule has 7 nitrogen and oxygen atoms in total. The molecule has 0 radical (unpaired) electrons. The van der Waals surface area contributed by atoms with E-state index in [0.29, 0.717) is 24.6 Å². The van der Waals surface area contributed by atoms with Crippen LogP contribution in [0.25, 0.3) is 0 Å². The molecule has 0 aliphatic carbocycles. The summed E-state index contributed by atoms with van der Waals surface area (Å²) < 4.78 is 10.8. The summed E-state index contributed by atoms with van der Waals surface area (Å²) in [5, 5.41) is 2.96. The van der Waals surface area contributed by atoms with Gasteiger partial charge in [-0.3, -0.25) is 14.5 Å². The van der Waals surface area contributed by atoms with Crippen molar-refractivity contribution in [1.82, 2.24) is 10.2 Å². The maximum Gasteiger partial charge on any atom is 0.240 e. The van der Waals surface area contributed by atoms with Gasteiger partial charge in [0.2, 0.25) is 11.8 Å². The normalized spacial score (nSPS) is 14.6. The van der Waals surface area contributed by atoms with Crippen LogP contribution >= 0.6 is 0 Å². The predicted molar refractivity (Wildman–Crippen MR) is 111 cm³/mol. The minimum absolute atomic E-state index is 0.000288. The molecule has 0 aromatic heterocycles. The van der Waals surface area contributed by atoms with Crippen LogP contribution in [0.5, 0.6) is 11.5 Å². The van der Waals surface area contributed by atoms with Gasteiger partial charge < -0.3 is 19.7 Å². The Morgan fingerprint density at radius 1 is 1.21 bits per heavy atom. The number of nitrogens with one attached hydrogen (secondary N) is 1. The molecule has 7 heteroatoms. The summed E-state index contributed by atoms with van der Waals surface area (Å²) in [6, 6.07) is 15.1. The number of fused-ring (bicyclic) bond motifs is 1. The SMILES string of the molecule is COc1ccc([C@H](CNC(=O)CN2C(=O)CCOc3ccccc32)N(C)C)cc1. The molecule has 1 atom stereocenters. The van der Waals surface area contributed by atoms with Gasteiger partial charge in [-0.25, -0.2) is 0 Å². The largest absolute Gasteiger partial charge is 0.497 e. The first-order valence-electron chi connectivity index (χ1n) is 9.59. The van der Waals surface area contributed by atoms with E-state index in [0.717, 1.165) is 11.3 Å². The number of anilines is 1. The quantitative estimate of drug-likeness (QED) is 0.776. The van der Waals surface area contributed by atoms with Crippen LogP contribution in [0.2, 0.25) is 0 Å². The summed E-state index contributed by atoms with van der Waals surface area (Å²) in [6.45, 7) is 0.703. The maximum absolute atomic E-state index is 12.7. The Hall–Kier alpha value is -3.06. The number of amides is 2. The van der Waals surface area contributed by atoms with Gasteiger partial charge in [0.1, 0.15) is 18.0 Å². The lowest BCUT2D eigenvalue weighted by Gasteiger charge is -2.26. The minimum Gasteiger partial charge on any atom is -0.497 e. The monoisotopic (exact) mass is 397 g/mol. The summed E-state index contributed by atoms with van der Waals surface area (Å²) in [6.07, 6.45) is 0.244. The zero-order chi connectivity index (χ0) is 20.8. The number of carbonyl (C=O) groups excluding carboxylic acids is 2. The Kier molecular flexibility index (Phi) is 6.72. The number of hydrogen-bond donors (Lipinski definition) is 1. The lowest BCUT2D eigenvalue weighted by Crippen LogP contribution is -2.43. The van der Waals surface area contributed by atoms with Crippen molar-refractivity contribution in [1.29, 1.82) is 0 Å². The van der Waals surface area contributed by atoms with Gasteiger partial charge in [-0.1, -0.05) is 24.3 Å². The van der Waals surface area contributed by atoms with Crippen molar-refractivity contribution in [2.75, 3.05) is 45.8 Å². The van der Waals surface area contributed by atoms with Crippen molar-refractivity contribution in [3.05, 3.63) is 54.1 Å². The van der Waals surface area contributed by atoms with Gasteiger partial charge in [0.05, 0.1) is 31.9 Å². The van der Waals surface area contributed by atoms with Gasteiger partial charge in [0, 0.05) is 6.54 Å². The van der Waals surface area contributed by atoms with Crippen LogP contribution in [0.1, 0.15) is 18.0 Å². The van der Waals surface area contributed by atoms with Crippen LogP contribution in [-0.2, 0) is 9.59 Å². The molecule has 1 heterocycles. The van der Waals surface area contributed by atoms with Crippen molar-refractivity contribution in [3.63, 3.8) is 0 Å². The molecular weight excluding hydrogens is 370 g/mol. The number of hydrogen-bond acceptors (Lipinski definition) is 5. The highest BCUT2D eigenvalue weighted by Gasteiger charge is 2.25. The smallest absolute Gasteiger partial charge is 0.240 e. The third-order valence-corrected chi connectivity index (χ3v) is 4.95. The van der Waals surface area contributed by atoms with Crippen LogP contribution in [0, 0.1) is 0 Å². The molecule has 0 unspecified atom stereocenters. The second-order valence-corrected chi connectivity index (χ2v) is 7.10. The molecule has 0 saturated heterocycles. The number of ether oxygens (including phenoxy) is 2. The highest BCUT2D eigenvalue weighted by atomic mass is 16.5. The van der Waals surface area contributed by atoms with E-state index in [1.165, 1.54) is 4.90 Å². The Labute approximate surface area is 171 Å². The van der Waals surface area contributed by atoms with Gasteiger partial charge in [-0.2, -0.15) is 0 Å². The highest BCUT2D eigenvalue weighted by Crippen LogP contribution is 2.30. The first kappa shape index (κ1) is 20.7. The number of likely N-dealkylation sites (N-methyl/N-ethyl adjacent to an activating group) is 1. The fraction of sp³-hybridized carbons (Fsp3) is 0.364. The predicted octanol–water partition coefficient (Wildman–Crippen LogP) is 2.23.